The molecule has 0 unspecified atom stereocenters. The molecule has 1 aromatic carbocycles. The summed E-state index contributed by atoms with van der Waals surface area (Å²) in [5.41, 5.74) is 2.90. The quantitative estimate of drug-likeness (QED) is 0.829. The van der Waals surface area contributed by atoms with E-state index in [1.165, 1.54) is 11.1 Å². The smallest absolute Gasteiger partial charge is 0.208 e. The normalized spacial score (nSPS) is 14.9. The monoisotopic (exact) mass is 259 g/mol. The Hall–Kier alpha value is -1.42. The molecular weight excluding hydrogens is 242 g/mol. The molecule has 0 aliphatic carbocycles. The first-order chi connectivity index (χ1) is 8.74. The van der Waals surface area contributed by atoms with E-state index in [2.05, 4.69) is 53.2 Å². The van der Waals surface area contributed by atoms with Gasteiger partial charge in [0.1, 0.15) is 5.01 Å². The van der Waals surface area contributed by atoms with Gasteiger partial charge in [-0.2, -0.15) is 0 Å². The van der Waals surface area contributed by atoms with E-state index >= 15 is 0 Å². The van der Waals surface area contributed by atoms with Gasteiger partial charge in [0.15, 0.2) is 0 Å². The first-order valence-corrected chi connectivity index (χ1v) is 7.21. The third kappa shape index (κ3) is 2.12. The van der Waals surface area contributed by atoms with Crippen molar-refractivity contribution in [1.29, 1.82) is 0 Å². The maximum Gasteiger partial charge on any atom is 0.208 e. The van der Waals surface area contributed by atoms with Gasteiger partial charge >= 0.3 is 0 Å². The highest BCUT2D eigenvalue weighted by Crippen LogP contribution is 2.29. The number of aromatic nitrogens is 2. The number of benzene rings is 1. The van der Waals surface area contributed by atoms with E-state index in [4.69, 9.17) is 0 Å². The summed E-state index contributed by atoms with van der Waals surface area (Å²) in [6, 6.07) is 8.68. The van der Waals surface area contributed by atoms with Crippen molar-refractivity contribution in [3.63, 3.8) is 0 Å². The number of fused-ring (bicyclic) bond motifs is 1. The zero-order valence-electron chi connectivity index (χ0n) is 10.8. The fraction of sp³-hybridized carbons (Fsp3) is 0.429. The van der Waals surface area contributed by atoms with Gasteiger partial charge in [0, 0.05) is 19.0 Å². The molecule has 4 heteroatoms. The van der Waals surface area contributed by atoms with Gasteiger partial charge < -0.3 is 4.90 Å². The first-order valence-electron chi connectivity index (χ1n) is 6.39. The van der Waals surface area contributed by atoms with E-state index in [1.54, 1.807) is 11.3 Å². The van der Waals surface area contributed by atoms with Gasteiger partial charge in [0.2, 0.25) is 5.13 Å². The van der Waals surface area contributed by atoms with Crippen LogP contribution in [0, 0.1) is 0 Å². The molecule has 1 aromatic heterocycles. The van der Waals surface area contributed by atoms with Crippen LogP contribution >= 0.6 is 11.3 Å². The highest BCUT2D eigenvalue weighted by molar-refractivity contribution is 7.15. The van der Waals surface area contributed by atoms with Crippen molar-refractivity contribution >= 4 is 16.5 Å². The van der Waals surface area contributed by atoms with Crippen molar-refractivity contribution in [2.75, 3.05) is 11.4 Å². The molecule has 2 aromatic rings. The second kappa shape index (κ2) is 4.69. The number of hydrogen-bond acceptors (Lipinski definition) is 4. The van der Waals surface area contributed by atoms with E-state index < -0.39 is 0 Å². The minimum Gasteiger partial charge on any atom is -0.342 e. The van der Waals surface area contributed by atoms with Crippen LogP contribution in [0.5, 0.6) is 0 Å². The van der Waals surface area contributed by atoms with Crippen molar-refractivity contribution in [1.82, 2.24) is 10.2 Å². The highest BCUT2D eigenvalue weighted by Gasteiger charge is 2.19. The molecule has 0 saturated heterocycles. The Morgan fingerprint density at radius 1 is 1.17 bits per heavy atom. The fourth-order valence-electron chi connectivity index (χ4n) is 2.25. The predicted octanol–water partition coefficient (Wildman–Crippen LogP) is 3.22. The number of rotatable bonds is 2. The molecule has 0 N–H and O–H groups in total. The van der Waals surface area contributed by atoms with Crippen LogP contribution in [0.25, 0.3) is 0 Å². The minimum atomic E-state index is 0.466. The van der Waals surface area contributed by atoms with Crippen molar-refractivity contribution < 1.29 is 0 Å². The summed E-state index contributed by atoms with van der Waals surface area (Å²) in [6.45, 7) is 6.33. The van der Waals surface area contributed by atoms with Crippen molar-refractivity contribution in [2.24, 2.45) is 0 Å². The summed E-state index contributed by atoms with van der Waals surface area (Å²) in [5, 5.41) is 10.8. The van der Waals surface area contributed by atoms with E-state index in [0.29, 0.717) is 5.92 Å². The first kappa shape index (κ1) is 11.7. The lowest BCUT2D eigenvalue weighted by Gasteiger charge is -2.27. The summed E-state index contributed by atoms with van der Waals surface area (Å²) in [6.07, 6.45) is 1.10. The fourth-order valence-corrected chi connectivity index (χ4v) is 3.12. The van der Waals surface area contributed by atoms with Gasteiger partial charge in [-0.25, -0.2) is 0 Å². The molecule has 0 atom stereocenters. The van der Waals surface area contributed by atoms with Crippen LogP contribution in [0.3, 0.4) is 0 Å². The molecular formula is C14H17N3S. The summed E-state index contributed by atoms with van der Waals surface area (Å²) >= 11 is 1.73. The average molecular weight is 259 g/mol. The number of anilines is 1. The summed E-state index contributed by atoms with van der Waals surface area (Å²) in [4.78, 5) is 2.34. The maximum absolute atomic E-state index is 4.33. The van der Waals surface area contributed by atoms with Gasteiger partial charge in [0.25, 0.3) is 0 Å². The molecule has 0 bridgehead atoms. The van der Waals surface area contributed by atoms with Crippen LogP contribution in [0.1, 0.15) is 35.9 Å². The molecule has 0 radical (unpaired) electrons. The summed E-state index contributed by atoms with van der Waals surface area (Å²) in [7, 11) is 0. The molecule has 94 valence electrons. The molecule has 0 saturated carbocycles. The van der Waals surface area contributed by atoms with Crippen LogP contribution in [0.4, 0.5) is 5.13 Å². The predicted molar refractivity (Wildman–Crippen MR) is 75.2 cm³/mol. The molecule has 2 heterocycles. The van der Waals surface area contributed by atoms with Crippen molar-refractivity contribution in [3.8, 4) is 0 Å². The lowest BCUT2D eigenvalue weighted by Crippen LogP contribution is -2.30. The molecule has 0 fully saturated rings. The molecule has 1 aliphatic rings. The zero-order chi connectivity index (χ0) is 12.5. The van der Waals surface area contributed by atoms with Crippen LogP contribution in [0.15, 0.2) is 24.3 Å². The Morgan fingerprint density at radius 3 is 2.67 bits per heavy atom. The largest absolute Gasteiger partial charge is 0.342 e. The maximum atomic E-state index is 4.33. The molecule has 3 rings (SSSR count). The van der Waals surface area contributed by atoms with E-state index in [-0.39, 0.29) is 0 Å². The molecule has 0 spiro atoms. The van der Waals surface area contributed by atoms with E-state index in [9.17, 15) is 0 Å². The zero-order valence-corrected chi connectivity index (χ0v) is 11.6. The van der Waals surface area contributed by atoms with E-state index in [1.807, 2.05) is 0 Å². The van der Waals surface area contributed by atoms with Crippen LogP contribution in [0.2, 0.25) is 0 Å². The number of nitrogens with zero attached hydrogens (tertiary/aromatic N) is 3. The van der Waals surface area contributed by atoms with Gasteiger partial charge in [-0.15, -0.1) is 10.2 Å². The Morgan fingerprint density at radius 2 is 1.94 bits per heavy atom. The van der Waals surface area contributed by atoms with Crippen LogP contribution < -0.4 is 4.90 Å². The molecule has 0 amide bonds. The van der Waals surface area contributed by atoms with Crippen LogP contribution in [-0.4, -0.2) is 16.7 Å². The molecule has 3 nitrogen and oxygen atoms in total. The Bertz CT molecular complexity index is 547. The summed E-state index contributed by atoms with van der Waals surface area (Å²) in [5.74, 6) is 0.466. The Balaban J connectivity index is 1.83. The van der Waals surface area contributed by atoms with Crippen LogP contribution in [-0.2, 0) is 13.0 Å². The lowest BCUT2D eigenvalue weighted by molar-refractivity contribution is 0.721. The molecule has 18 heavy (non-hydrogen) atoms. The van der Waals surface area contributed by atoms with Crippen molar-refractivity contribution in [2.45, 2.75) is 32.7 Å². The van der Waals surface area contributed by atoms with Gasteiger partial charge in [0.05, 0.1) is 0 Å². The topological polar surface area (TPSA) is 29.0 Å². The standard InChI is InChI=1S/C14H17N3S/c1-10(2)13-15-16-14(18-13)17-8-7-11-5-3-4-6-12(11)9-17/h3-6,10H,7-9H2,1-2H3. The third-order valence-electron chi connectivity index (χ3n) is 3.33. The van der Waals surface area contributed by atoms with Gasteiger partial charge in [-0.3, -0.25) is 0 Å². The summed E-state index contributed by atoms with van der Waals surface area (Å²) < 4.78 is 0. The molecule has 1 aliphatic heterocycles. The minimum absolute atomic E-state index is 0.466. The Kier molecular flexibility index (Phi) is 3.04. The SMILES string of the molecule is CC(C)c1nnc(N2CCc3ccccc3C2)s1. The second-order valence-corrected chi connectivity index (χ2v) is 6.01. The Labute approximate surface area is 111 Å². The van der Waals surface area contributed by atoms with Gasteiger partial charge in [-0.05, 0) is 17.5 Å². The lowest BCUT2D eigenvalue weighted by atomic mass is 10.0. The third-order valence-corrected chi connectivity index (χ3v) is 4.61. The van der Waals surface area contributed by atoms with Gasteiger partial charge in [-0.1, -0.05) is 49.4 Å². The highest BCUT2D eigenvalue weighted by atomic mass is 32.1. The number of hydrogen-bond donors (Lipinski definition) is 0. The second-order valence-electron chi connectivity index (χ2n) is 5.02. The average Bonchev–Trinajstić information content (AvgIpc) is 2.88. The van der Waals surface area contributed by atoms with Crippen molar-refractivity contribution in [3.05, 3.63) is 40.4 Å². The van der Waals surface area contributed by atoms with E-state index in [0.717, 1.165) is 29.6 Å².